The molecule has 132 valence electrons. The Morgan fingerprint density at radius 2 is 1.71 bits per heavy atom. The molecular weight excluding hydrogens is 308 g/mol. The van der Waals surface area contributed by atoms with E-state index in [1.165, 1.54) is 0 Å². The van der Waals surface area contributed by atoms with Gasteiger partial charge in [-0.3, -0.25) is 9.59 Å². The first-order chi connectivity index (χ1) is 11.5. The fourth-order valence-corrected chi connectivity index (χ4v) is 1.89. The highest BCUT2D eigenvalue weighted by Crippen LogP contribution is 1.97. The topological polar surface area (TPSA) is 99.3 Å². The second-order valence-electron chi connectivity index (χ2n) is 5.43. The molecule has 0 fully saturated rings. The van der Waals surface area contributed by atoms with Gasteiger partial charge in [0.2, 0.25) is 11.8 Å². The Labute approximate surface area is 142 Å². The number of carbonyl (C=O) groups excluding carboxylic acids is 3. The van der Waals surface area contributed by atoms with E-state index in [1.54, 1.807) is 6.92 Å². The highest BCUT2D eigenvalue weighted by Gasteiger charge is 2.15. The van der Waals surface area contributed by atoms with Gasteiger partial charge < -0.3 is 21.3 Å². The van der Waals surface area contributed by atoms with Crippen LogP contribution in [0.15, 0.2) is 30.3 Å². The van der Waals surface area contributed by atoms with Gasteiger partial charge in [-0.1, -0.05) is 37.3 Å². The summed E-state index contributed by atoms with van der Waals surface area (Å²) in [5.41, 5.74) is 0.987. The quantitative estimate of drug-likeness (QED) is 0.540. The molecule has 24 heavy (non-hydrogen) atoms. The summed E-state index contributed by atoms with van der Waals surface area (Å²) in [5, 5.41) is 10.6. The van der Waals surface area contributed by atoms with Crippen molar-refractivity contribution < 1.29 is 14.4 Å². The zero-order valence-electron chi connectivity index (χ0n) is 14.2. The number of nitrogens with one attached hydrogen (secondary N) is 4. The fraction of sp³-hybridized carbons (Fsp3) is 0.471. The van der Waals surface area contributed by atoms with Crippen LogP contribution in [0.4, 0.5) is 4.79 Å². The molecule has 7 heteroatoms. The van der Waals surface area contributed by atoms with E-state index in [9.17, 15) is 14.4 Å². The van der Waals surface area contributed by atoms with Crippen LogP contribution in [-0.4, -0.2) is 37.0 Å². The number of rotatable bonds is 9. The third-order valence-corrected chi connectivity index (χ3v) is 3.26. The zero-order chi connectivity index (χ0) is 17.8. The Bertz CT molecular complexity index is 534. The average Bonchev–Trinajstić information content (AvgIpc) is 2.58. The predicted molar refractivity (Wildman–Crippen MR) is 92.2 cm³/mol. The standard InChI is InChI=1S/C17H26N4O3/c1-3-10-18-15(22)9-11-19-17(24)21-13(2)16(23)20-12-14-7-5-4-6-8-14/h4-8,13H,3,9-12H2,1-2H3,(H,18,22)(H,20,23)(H2,19,21,24). The number of benzene rings is 1. The molecule has 0 aliphatic heterocycles. The van der Waals surface area contributed by atoms with E-state index in [-0.39, 0.29) is 24.8 Å². The van der Waals surface area contributed by atoms with Crippen LogP contribution >= 0.6 is 0 Å². The third-order valence-electron chi connectivity index (χ3n) is 3.26. The van der Waals surface area contributed by atoms with Gasteiger partial charge in [0.25, 0.3) is 0 Å². The maximum atomic E-state index is 11.9. The second kappa shape index (κ2) is 11.0. The van der Waals surface area contributed by atoms with Crippen molar-refractivity contribution in [2.45, 2.75) is 39.3 Å². The summed E-state index contributed by atoms with van der Waals surface area (Å²) < 4.78 is 0. The summed E-state index contributed by atoms with van der Waals surface area (Å²) >= 11 is 0. The van der Waals surface area contributed by atoms with Crippen LogP contribution in [0, 0.1) is 0 Å². The normalized spacial score (nSPS) is 11.2. The Morgan fingerprint density at radius 3 is 2.38 bits per heavy atom. The molecule has 1 atom stereocenters. The molecule has 0 radical (unpaired) electrons. The molecule has 1 aromatic carbocycles. The first-order valence-electron chi connectivity index (χ1n) is 8.15. The first-order valence-corrected chi connectivity index (χ1v) is 8.15. The Hall–Kier alpha value is -2.57. The average molecular weight is 334 g/mol. The van der Waals surface area contributed by atoms with E-state index in [2.05, 4.69) is 21.3 Å². The van der Waals surface area contributed by atoms with E-state index in [0.29, 0.717) is 13.1 Å². The molecule has 0 saturated heterocycles. The molecule has 0 aliphatic carbocycles. The number of hydrogen-bond donors (Lipinski definition) is 4. The van der Waals surface area contributed by atoms with Crippen LogP contribution < -0.4 is 21.3 Å². The van der Waals surface area contributed by atoms with Crippen LogP contribution in [0.3, 0.4) is 0 Å². The lowest BCUT2D eigenvalue weighted by Gasteiger charge is -2.15. The highest BCUT2D eigenvalue weighted by molar-refractivity contribution is 5.86. The maximum Gasteiger partial charge on any atom is 0.315 e. The molecule has 0 spiro atoms. The molecule has 0 aromatic heterocycles. The van der Waals surface area contributed by atoms with Gasteiger partial charge in [-0.15, -0.1) is 0 Å². The van der Waals surface area contributed by atoms with E-state index in [0.717, 1.165) is 12.0 Å². The van der Waals surface area contributed by atoms with Gasteiger partial charge in [0, 0.05) is 26.1 Å². The molecule has 7 nitrogen and oxygen atoms in total. The van der Waals surface area contributed by atoms with Crippen molar-refractivity contribution in [1.29, 1.82) is 0 Å². The number of amides is 4. The monoisotopic (exact) mass is 334 g/mol. The van der Waals surface area contributed by atoms with E-state index in [1.807, 2.05) is 37.3 Å². The Morgan fingerprint density at radius 1 is 1.00 bits per heavy atom. The predicted octanol–water partition coefficient (Wildman–Crippen LogP) is 0.907. The van der Waals surface area contributed by atoms with Gasteiger partial charge in [0.15, 0.2) is 0 Å². The van der Waals surface area contributed by atoms with Crippen molar-refractivity contribution in [3.05, 3.63) is 35.9 Å². The van der Waals surface area contributed by atoms with Crippen LogP contribution in [0.25, 0.3) is 0 Å². The van der Waals surface area contributed by atoms with Gasteiger partial charge in [0.1, 0.15) is 6.04 Å². The fourth-order valence-electron chi connectivity index (χ4n) is 1.89. The minimum absolute atomic E-state index is 0.106. The first kappa shape index (κ1) is 19.5. The van der Waals surface area contributed by atoms with E-state index < -0.39 is 12.1 Å². The lowest BCUT2D eigenvalue weighted by molar-refractivity contribution is -0.123. The minimum Gasteiger partial charge on any atom is -0.356 e. The third kappa shape index (κ3) is 8.17. The summed E-state index contributed by atoms with van der Waals surface area (Å²) in [6.07, 6.45) is 1.08. The lowest BCUT2D eigenvalue weighted by Crippen LogP contribution is -2.48. The number of urea groups is 1. The van der Waals surface area contributed by atoms with Crippen LogP contribution in [0.1, 0.15) is 32.3 Å². The van der Waals surface area contributed by atoms with Crippen LogP contribution in [0.2, 0.25) is 0 Å². The Balaban J connectivity index is 2.20. The zero-order valence-corrected chi connectivity index (χ0v) is 14.2. The molecule has 0 heterocycles. The number of hydrogen-bond acceptors (Lipinski definition) is 3. The lowest BCUT2D eigenvalue weighted by atomic mass is 10.2. The molecule has 1 aromatic rings. The molecule has 1 rings (SSSR count). The smallest absolute Gasteiger partial charge is 0.315 e. The SMILES string of the molecule is CCCNC(=O)CCNC(=O)NC(C)C(=O)NCc1ccccc1. The van der Waals surface area contributed by atoms with Gasteiger partial charge in [-0.25, -0.2) is 4.79 Å². The van der Waals surface area contributed by atoms with Gasteiger partial charge in [-0.05, 0) is 18.9 Å². The van der Waals surface area contributed by atoms with Crippen LogP contribution in [-0.2, 0) is 16.1 Å². The van der Waals surface area contributed by atoms with Crippen molar-refractivity contribution >= 4 is 17.8 Å². The largest absolute Gasteiger partial charge is 0.356 e. The number of carbonyl (C=O) groups is 3. The summed E-state index contributed by atoms with van der Waals surface area (Å²) in [4.78, 5) is 35.0. The van der Waals surface area contributed by atoms with Crippen molar-refractivity contribution in [3.63, 3.8) is 0 Å². The summed E-state index contributed by atoms with van der Waals surface area (Å²) in [7, 11) is 0. The van der Waals surface area contributed by atoms with Gasteiger partial charge in [0.05, 0.1) is 0 Å². The molecule has 1 unspecified atom stereocenters. The molecule has 4 N–H and O–H groups in total. The van der Waals surface area contributed by atoms with Crippen molar-refractivity contribution in [2.75, 3.05) is 13.1 Å². The minimum atomic E-state index is -0.664. The van der Waals surface area contributed by atoms with Crippen molar-refractivity contribution in [3.8, 4) is 0 Å². The molecule has 0 bridgehead atoms. The molecule has 0 aliphatic rings. The maximum absolute atomic E-state index is 11.9. The van der Waals surface area contributed by atoms with Crippen molar-refractivity contribution in [2.24, 2.45) is 0 Å². The Kier molecular flexibility index (Phi) is 8.96. The molecule has 4 amide bonds. The van der Waals surface area contributed by atoms with Gasteiger partial charge in [-0.2, -0.15) is 0 Å². The van der Waals surface area contributed by atoms with Gasteiger partial charge >= 0.3 is 6.03 Å². The molecular formula is C17H26N4O3. The second-order valence-corrected chi connectivity index (χ2v) is 5.43. The van der Waals surface area contributed by atoms with Crippen LogP contribution in [0.5, 0.6) is 0 Å². The summed E-state index contributed by atoms with van der Waals surface area (Å²) in [6.45, 7) is 4.83. The molecule has 0 saturated carbocycles. The highest BCUT2D eigenvalue weighted by atomic mass is 16.2. The van der Waals surface area contributed by atoms with Crippen molar-refractivity contribution in [1.82, 2.24) is 21.3 Å². The summed E-state index contributed by atoms with van der Waals surface area (Å²) in [6, 6.07) is 8.38. The van der Waals surface area contributed by atoms with E-state index >= 15 is 0 Å². The van der Waals surface area contributed by atoms with E-state index in [4.69, 9.17) is 0 Å². The summed E-state index contributed by atoms with van der Waals surface area (Å²) in [5.74, 6) is -0.375.